The van der Waals surface area contributed by atoms with Gasteiger partial charge in [-0.25, -0.2) is 8.42 Å². The largest absolute Gasteiger partial charge is 0.492 e. The molecular formula is C21H24N4O5S2. The molecule has 9 nitrogen and oxygen atoms in total. The number of ether oxygens (including phenoxy) is 1. The van der Waals surface area contributed by atoms with Crippen LogP contribution < -0.4 is 9.46 Å². The molecule has 1 saturated heterocycles. The number of hydrogen-bond acceptors (Lipinski definition) is 8. The van der Waals surface area contributed by atoms with Gasteiger partial charge in [-0.05, 0) is 51.3 Å². The Morgan fingerprint density at radius 1 is 1.22 bits per heavy atom. The Hall–Kier alpha value is -2.92. The Balaban J connectivity index is 1.57. The lowest BCUT2D eigenvalue weighted by Gasteiger charge is -2.24. The maximum absolute atomic E-state index is 13.1. The molecule has 4 rings (SSSR count). The third-order valence-corrected chi connectivity index (χ3v) is 7.71. The minimum atomic E-state index is -3.88. The second-order valence-electron chi connectivity index (χ2n) is 7.33. The van der Waals surface area contributed by atoms with Crippen LogP contribution in [0.3, 0.4) is 0 Å². The van der Waals surface area contributed by atoms with Crippen LogP contribution in [0.1, 0.15) is 41.7 Å². The highest BCUT2D eigenvalue weighted by molar-refractivity contribution is 7.93. The molecule has 1 aliphatic rings. The summed E-state index contributed by atoms with van der Waals surface area (Å²) < 4.78 is 39.8. The SMILES string of the molecule is CCOc1ccccc1NS(=O)(=O)c1cc(-c2nnc(C(=O)N3CCCCC3)o2)sc1C. The number of nitrogens with zero attached hydrogens (tertiary/aromatic N) is 3. The lowest BCUT2D eigenvalue weighted by molar-refractivity contribution is 0.0684. The summed E-state index contributed by atoms with van der Waals surface area (Å²) in [6, 6.07) is 8.32. The summed E-state index contributed by atoms with van der Waals surface area (Å²) >= 11 is 1.21. The summed E-state index contributed by atoms with van der Waals surface area (Å²) in [6.07, 6.45) is 3.02. The van der Waals surface area contributed by atoms with E-state index in [1.807, 2.05) is 6.92 Å². The average molecular weight is 477 g/mol. The average Bonchev–Trinajstić information content (AvgIpc) is 3.42. The number of nitrogens with one attached hydrogen (secondary N) is 1. The normalized spacial score (nSPS) is 14.4. The molecule has 0 spiro atoms. The Bertz CT molecular complexity index is 1210. The number of anilines is 1. The monoisotopic (exact) mass is 476 g/mol. The molecule has 0 aliphatic carbocycles. The third kappa shape index (κ3) is 4.63. The van der Waals surface area contributed by atoms with Crippen LogP contribution in [0.15, 0.2) is 39.6 Å². The molecule has 1 fully saturated rings. The molecule has 0 bridgehead atoms. The molecule has 0 saturated carbocycles. The lowest BCUT2D eigenvalue weighted by atomic mass is 10.1. The Kier molecular flexibility index (Phi) is 6.47. The summed E-state index contributed by atoms with van der Waals surface area (Å²) in [7, 11) is -3.88. The van der Waals surface area contributed by atoms with E-state index in [0.29, 0.717) is 40.9 Å². The number of para-hydroxylation sites is 2. The van der Waals surface area contributed by atoms with Gasteiger partial charge in [0.05, 0.1) is 17.2 Å². The van der Waals surface area contributed by atoms with Crippen molar-refractivity contribution in [2.24, 2.45) is 0 Å². The minimum absolute atomic E-state index is 0.0823. The number of aryl methyl sites for hydroxylation is 1. The standard InChI is InChI=1S/C21H24N4O5S2/c1-3-29-16-10-6-5-9-15(16)24-32(27,28)18-13-17(31-14(18)2)19-22-23-20(30-19)21(26)25-11-7-4-8-12-25/h5-6,9-10,13,24H,3-4,7-8,11-12H2,1-2H3. The number of amides is 1. The van der Waals surface area contributed by atoms with Crippen molar-refractivity contribution in [2.45, 2.75) is 38.0 Å². The number of sulfonamides is 1. The van der Waals surface area contributed by atoms with Crippen LogP contribution in [0.2, 0.25) is 0 Å². The van der Waals surface area contributed by atoms with Crippen LogP contribution in [0.4, 0.5) is 5.69 Å². The van der Waals surface area contributed by atoms with Crippen molar-refractivity contribution in [3.63, 3.8) is 0 Å². The molecule has 0 atom stereocenters. The van der Waals surface area contributed by atoms with E-state index < -0.39 is 10.0 Å². The predicted octanol–water partition coefficient (Wildman–Crippen LogP) is 3.93. The van der Waals surface area contributed by atoms with Crippen molar-refractivity contribution in [3.8, 4) is 16.5 Å². The van der Waals surface area contributed by atoms with Crippen molar-refractivity contribution in [1.29, 1.82) is 0 Å². The van der Waals surface area contributed by atoms with Crippen LogP contribution in [-0.2, 0) is 10.0 Å². The second kappa shape index (κ2) is 9.29. The van der Waals surface area contributed by atoms with Gasteiger partial charge in [-0.15, -0.1) is 21.5 Å². The maximum atomic E-state index is 13.1. The molecule has 3 heterocycles. The van der Waals surface area contributed by atoms with E-state index in [2.05, 4.69) is 14.9 Å². The fourth-order valence-corrected chi connectivity index (χ4v) is 6.10. The first-order valence-corrected chi connectivity index (χ1v) is 12.7. The van der Waals surface area contributed by atoms with Gasteiger partial charge in [-0.3, -0.25) is 9.52 Å². The Morgan fingerprint density at radius 2 is 1.97 bits per heavy atom. The third-order valence-electron chi connectivity index (χ3n) is 5.05. The molecule has 170 valence electrons. The molecule has 11 heteroatoms. The van der Waals surface area contributed by atoms with Crippen molar-refractivity contribution < 1.29 is 22.4 Å². The van der Waals surface area contributed by atoms with Gasteiger partial charge in [0.2, 0.25) is 0 Å². The molecule has 0 unspecified atom stereocenters. The number of piperidine rings is 1. The highest BCUT2D eigenvalue weighted by atomic mass is 32.2. The van der Waals surface area contributed by atoms with Crippen molar-refractivity contribution in [3.05, 3.63) is 41.1 Å². The first kappa shape index (κ1) is 22.3. The zero-order chi connectivity index (χ0) is 22.7. The van der Waals surface area contributed by atoms with Gasteiger partial charge in [0, 0.05) is 18.0 Å². The van der Waals surface area contributed by atoms with Crippen LogP contribution in [-0.4, -0.2) is 49.1 Å². The van der Waals surface area contributed by atoms with Gasteiger partial charge in [0.25, 0.3) is 15.9 Å². The lowest BCUT2D eigenvalue weighted by Crippen LogP contribution is -2.35. The quantitative estimate of drug-likeness (QED) is 0.549. The number of aromatic nitrogens is 2. The minimum Gasteiger partial charge on any atom is -0.492 e. The Morgan fingerprint density at radius 3 is 2.72 bits per heavy atom. The zero-order valence-corrected chi connectivity index (χ0v) is 19.5. The smallest absolute Gasteiger partial charge is 0.311 e. The van der Waals surface area contributed by atoms with Gasteiger partial charge in [-0.1, -0.05) is 12.1 Å². The molecule has 1 aromatic carbocycles. The fraction of sp³-hybridized carbons (Fsp3) is 0.381. The summed E-state index contributed by atoms with van der Waals surface area (Å²) in [6.45, 7) is 5.29. The first-order valence-electron chi connectivity index (χ1n) is 10.4. The van der Waals surface area contributed by atoms with E-state index in [1.165, 1.54) is 17.4 Å². The van der Waals surface area contributed by atoms with E-state index in [0.717, 1.165) is 19.3 Å². The molecule has 0 radical (unpaired) electrons. The molecule has 1 N–H and O–H groups in total. The van der Waals surface area contributed by atoms with E-state index in [1.54, 1.807) is 36.1 Å². The molecule has 3 aromatic rings. The second-order valence-corrected chi connectivity index (χ2v) is 10.2. The predicted molar refractivity (Wildman–Crippen MR) is 121 cm³/mol. The van der Waals surface area contributed by atoms with Gasteiger partial charge < -0.3 is 14.1 Å². The number of hydrogen-bond donors (Lipinski definition) is 1. The van der Waals surface area contributed by atoms with Crippen molar-refractivity contribution in [2.75, 3.05) is 24.4 Å². The number of benzene rings is 1. The van der Waals surface area contributed by atoms with Gasteiger partial charge in [0.15, 0.2) is 0 Å². The van der Waals surface area contributed by atoms with Crippen LogP contribution in [0.25, 0.3) is 10.8 Å². The highest BCUT2D eigenvalue weighted by Gasteiger charge is 2.27. The first-order chi connectivity index (χ1) is 15.4. The number of carbonyl (C=O) groups is 1. The Labute approximate surface area is 190 Å². The zero-order valence-electron chi connectivity index (χ0n) is 17.8. The van der Waals surface area contributed by atoms with Gasteiger partial charge in [0.1, 0.15) is 10.6 Å². The van der Waals surface area contributed by atoms with Gasteiger partial charge >= 0.3 is 11.8 Å². The number of likely N-dealkylation sites (tertiary alicyclic amines) is 1. The van der Waals surface area contributed by atoms with Crippen molar-refractivity contribution >= 4 is 33.0 Å². The molecular weight excluding hydrogens is 452 g/mol. The number of thiophene rings is 1. The van der Waals surface area contributed by atoms with Crippen molar-refractivity contribution in [1.82, 2.24) is 15.1 Å². The van der Waals surface area contributed by atoms with Crippen LogP contribution in [0, 0.1) is 6.92 Å². The fourth-order valence-electron chi connectivity index (χ4n) is 3.51. The summed E-state index contributed by atoms with van der Waals surface area (Å²) in [5.41, 5.74) is 0.355. The van der Waals surface area contributed by atoms with E-state index in [4.69, 9.17) is 9.15 Å². The van der Waals surface area contributed by atoms with E-state index in [-0.39, 0.29) is 22.6 Å². The molecule has 2 aromatic heterocycles. The molecule has 1 amide bonds. The number of carbonyl (C=O) groups excluding carboxylic acids is 1. The maximum Gasteiger partial charge on any atom is 0.311 e. The highest BCUT2D eigenvalue weighted by Crippen LogP contribution is 2.35. The van der Waals surface area contributed by atoms with E-state index >= 15 is 0 Å². The molecule has 1 aliphatic heterocycles. The summed E-state index contributed by atoms with van der Waals surface area (Å²) in [5.74, 6) is 0.193. The molecule has 32 heavy (non-hydrogen) atoms. The van der Waals surface area contributed by atoms with Gasteiger partial charge in [-0.2, -0.15) is 0 Å². The topological polar surface area (TPSA) is 115 Å². The van der Waals surface area contributed by atoms with Crippen LogP contribution in [0.5, 0.6) is 5.75 Å². The summed E-state index contributed by atoms with van der Waals surface area (Å²) in [5, 5.41) is 7.86. The van der Waals surface area contributed by atoms with E-state index in [9.17, 15) is 13.2 Å². The summed E-state index contributed by atoms with van der Waals surface area (Å²) in [4.78, 5) is 15.4. The van der Waals surface area contributed by atoms with Crippen LogP contribution >= 0.6 is 11.3 Å². The number of rotatable bonds is 7.